The molecule has 0 aliphatic heterocycles. The Morgan fingerprint density at radius 1 is 0.348 bits per heavy atom. The molecule has 0 saturated heterocycles. The summed E-state index contributed by atoms with van der Waals surface area (Å²) < 4.78 is 3.75. The number of esters is 2. The summed E-state index contributed by atoms with van der Waals surface area (Å²) in [6.45, 7) is 5.51. The Bertz CT molecular complexity index is 1390. The van der Waals surface area contributed by atoms with Crippen LogP contribution in [0.25, 0.3) is 0 Å². The van der Waals surface area contributed by atoms with Gasteiger partial charge in [0.25, 0.3) is 0 Å². The van der Waals surface area contributed by atoms with E-state index in [0.717, 1.165) is 0 Å². The second-order valence-electron chi connectivity index (χ2n) is 9.79. The second-order valence-corrected chi connectivity index (χ2v) is 14.8. The zero-order chi connectivity index (χ0) is 31.7. The Kier molecular flexibility index (Phi) is 15.7. The molecule has 0 aliphatic rings. The van der Waals surface area contributed by atoms with Gasteiger partial charge in [-0.05, 0) is 72.8 Å². The molecule has 6 aromatic carbocycles. The van der Waals surface area contributed by atoms with Gasteiger partial charge < -0.3 is 4.74 Å². The zero-order valence-corrected chi connectivity index (χ0v) is 28.8. The van der Waals surface area contributed by atoms with E-state index in [0.29, 0.717) is 0 Å². The summed E-state index contributed by atoms with van der Waals surface area (Å²) in [6.07, 6.45) is 0. The Labute approximate surface area is 288 Å². The molecule has 0 unspecified atom stereocenters. The first kappa shape index (κ1) is 36.2. The third-order valence-electron chi connectivity index (χ3n) is 6.60. The number of ether oxygens (including phenoxy) is 1. The van der Waals surface area contributed by atoms with Gasteiger partial charge in [0.2, 0.25) is 0 Å². The third-order valence-corrected chi connectivity index (χ3v) is 12.1. The number of rotatable bonds is 6. The van der Waals surface area contributed by atoms with Crippen LogP contribution in [-0.2, 0) is 34.7 Å². The molecule has 0 spiro atoms. The molecule has 0 N–H and O–H groups in total. The normalized spacial score (nSPS) is 9.87. The molecule has 0 radical (unpaired) electrons. The number of benzene rings is 6. The number of carbonyl (C=O) groups excluding carboxylic acids is 2. The first-order chi connectivity index (χ1) is 22.0. The minimum Gasteiger partial charge on any atom is -0.447 e. The summed E-state index contributed by atoms with van der Waals surface area (Å²) in [4.78, 5) is 19.3. The smallest absolute Gasteiger partial charge is 0.447 e. The van der Waals surface area contributed by atoms with Crippen LogP contribution < -0.4 is 31.8 Å². The van der Waals surface area contributed by atoms with Crippen molar-refractivity contribution in [2.24, 2.45) is 0 Å². The van der Waals surface area contributed by atoms with Crippen molar-refractivity contribution in [2.75, 3.05) is 0 Å². The van der Waals surface area contributed by atoms with Gasteiger partial charge in [-0.1, -0.05) is 109 Å². The van der Waals surface area contributed by atoms with Crippen molar-refractivity contribution < 1.29 is 34.7 Å². The molecule has 6 heteroatoms. The quantitative estimate of drug-likeness (QED) is 0.0687. The van der Waals surface area contributed by atoms with Gasteiger partial charge in [-0.25, -0.2) is 0 Å². The van der Waals surface area contributed by atoms with Gasteiger partial charge >= 0.3 is 20.4 Å². The van der Waals surface area contributed by atoms with Crippen LogP contribution in [0.4, 0.5) is 0 Å². The molecular formula is C40H36O3P2Pd+2. The van der Waals surface area contributed by atoms with Crippen LogP contribution in [0.3, 0.4) is 0 Å². The van der Waals surface area contributed by atoms with E-state index in [4.69, 9.17) is 0 Å². The van der Waals surface area contributed by atoms with E-state index in [1.807, 2.05) is 0 Å². The van der Waals surface area contributed by atoms with Crippen molar-refractivity contribution in [3.05, 3.63) is 196 Å². The molecule has 0 aromatic heterocycles. The van der Waals surface area contributed by atoms with Crippen LogP contribution in [-0.4, -0.2) is 11.9 Å². The largest absolute Gasteiger partial charge is 2.00 e. The second kappa shape index (κ2) is 20.0. The Balaban J connectivity index is 0.000000205. The van der Waals surface area contributed by atoms with Gasteiger partial charge in [-0.15, -0.1) is 0 Å². The number of hydrogen-bond donors (Lipinski definition) is 0. The topological polar surface area (TPSA) is 43.4 Å². The average Bonchev–Trinajstić information content (AvgIpc) is 3.08. The summed E-state index contributed by atoms with van der Waals surface area (Å²) in [5.41, 5.74) is 0. The van der Waals surface area contributed by atoms with E-state index in [-0.39, 0.29) is 20.4 Å². The van der Waals surface area contributed by atoms with Crippen molar-refractivity contribution >= 4 is 59.6 Å². The SMILES string of the molecule is [CH2-]C(=O)OC([CH2-])=O.[Pd+2].c1ccc([PH+](c2ccccc2)c2ccccc2)cc1.c1ccc([PH+](c2ccccc2)c2ccccc2)cc1. The summed E-state index contributed by atoms with van der Waals surface area (Å²) >= 11 is 0. The van der Waals surface area contributed by atoms with E-state index >= 15 is 0 Å². The summed E-state index contributed by atoms with van der Waals surface area (Å²) in [5.74, 6) is -1.75. The molecule has 0 heterocycles. The van der Waals surface area contributed by atoms with Crippen molar-refractivity contribution in [3.8, 4) is 0 Å². The van der Waals surface area contributed by atoms with Gasteiger partial charge in [0, 0.05) is 0 Å². The first-order valence-corrected chi connectivity index (χ1v) is 17.5. The predicted octanol–water partition coefficient (Wildman–Crippen LogP) is 6.08. The van der Waals surface area contributed by atoms with Crippen LogP contribution in [0, 0.1) is 13.8 Å². The monoisotopic (exact) mass is 732 g/mol. The summed E-state index contributed by atoms with van der Waals surface area (Å²) in [6, 6.07) is 65.0. The molecule has 0 amide bonds. The van der Waals surface area contributed by atoms with E-state index < -0.39 is 27.8 Å². The van der Waals surface area contributed by atoms with Crippen LogP contribution in [0.1, 0.15) is 0 Å². The van der Waals surface area contributed by atoms with Crippen LogP contribution in [0.5, 0.6) is 0 Å². The van der Waals surface area contributed by atoms with Crippen molar-refractivity contribution in [3.63, 3.8) is 0 Å². The molecule has 0 aliphatic carbocycles. The Morgan fingerprint density at radius 2 is 0.500 bits per heavy atom. The third kappa shape index (κ3) is 11.6. The molecule has 0 saturated carbocycles. The predicted molar refractivity (Wildman–Crippen MR) is 195 cm³/mol. The number of hydrogen-bond acceptors (Lipinski definition) is 3. The average molecular weight is 733 g/mol. The van der Waals surface area contributed by atoms with E-state index in [2.05, 4.69) is 201 Å². The maximum Gasteiger partial charge on any atom is 2.00 e. The van der Waals surface area contributed by atoms with Crippen molar-refractivity contribution in [1.29, 1.82) is 0 Å². The van der Waals surface area contributed by atoms with E-state index in [1.54, 1.807) is 0 Å². The fourth-order valence-corrected chi connectivity index (χ4v) is 9.91. The molecule has 6 rings (SSSR count). The van der Waals surface area contributed by atoms with Gasteiger partial charge in [0.05, 0.1) is 15.8 Å². The van der Waals surface area contributed by atoms with Gasteiger partial charge in [-0.2, -0.15) is 0 Å². The Morgan fingerprint density at radius 3 is 0.609 bits per heavy atom. The minimum absolute atomic E-state index is 0. The zero-order valence-electron chi connectivity index (χ0n) is 25.3. The molecule has 6 aromatic rings. The van der Waals surface area contributed by atoms with E-state index in [9.17, 15) is 9.59 Å². The van der Waals surface area contributed by atoms with E-state index in [1.165, 1.54) is 31.8 Å². The summed E-state index contributed by atoms with van der Waals surface area (Å²) in [5, 5.41) is 8.61. The number of carbonyl (C=O) groups is 2. The van der Waals surface area contributed by atoms with Crippen molar-refractivity contribution in [1.82, 2.24) is 0 Å². The maximum absolute atomic E-state index is 9.66. The summed E-state index contributed by atoms with van der Waals surface area (Å²) in [7, 11) is -1.75. The van der Waals surface area contributed by atoms with Gasteiger partial charge in [-0.3, -0.25) is 23.4 Å². The standard InChI is InChI=1S/2C18H15P.C4H4O3.Pd/c2*1-4-10-16(11-5-1)19(17-12-6-2-7-13-17)18-14-8-3-9-15-18;1-3(5)7-4(2)6;/h2*1-15H;1-2H2;/q;;-2;+2/p+2. The molecule has 46 heavy (non-hydrogen) atoms. The van der Waals surface area contributed by atoms with Crippen LogP contribution in [0.2, 0.25) is 0 Å². The maximum atomic E-state index is 9.66. The molecule has 0 fully saturated rings. The fraction of sp³-hybridized carbons (Fsp3) is 0. The Hall–Kier alpha value is -4.28. The molecule has 232 valence electrons. The molecule has 0 atom stereocenters. The van der Waals surface area contributed by atoms with Crippen LogP contribution in [0.15, 0.2) is 182 Å². The molecular weight excluding hydrogens is 697 g/mol. The fourth-order valence-electron chi connectivity index (χ4n) is 4.76. The van der Waals surface area contributed by atoms with Crippen molar-refractivity contribution in [2.45, 2.75) is 0 Å². The van der Waals surface area contributed by atoms with Crippen LogP contribution >= 0.6 is 15.8 Å². The molecule has 0 bridgehead atoms. The first-order valence-electron chi connectivity index (χ1n) is 14.5. The van der Waals surface area contributed by atoms with Gasteiger partial charge in [0.15, 0.2) is 11.9 Å². The van der Waals surface area contributed by atoms with Gasteiger partial charge in [0.1, 0.15) is 31.8 Å². The minimum atomic E-state index is -0.877. The molecule has 3 nitrogen and oxygen atoms in total.